The summed E-state index contributed by atoms with van der Waals surface area (Å²) >= 11 is 0. The van der Waals surface area contributed by atoms with E-state index in [1.165, 1.54) is 5.57 Å². The van der Waals surface area contributed by atoms with Gasteiger partial charge in [-0.1, -0.05) is 39.3 Å². The molecule has 0 aliphatic heterocycles. The molecule has 2 saturated carbocycles. The van der Waals surface area contributed by atoms with Crippen molar-refractivity contribution in [2.24, 2.45) is 22.2 Å². The van der Waals surface area contributed by atoms with Gasteiger partial charge in [-0.15, -0.1) is 0 Å². The molecule has 0 radical (unpaired) electrons. The molecule has 0 aromatic heterocycles. The first-order valence-electron chi connectivity index (χ1n) is 7.69. The number of hydrogen-bond donors (Lipinski definition) is 0. The Morgan fingerprint density at radius 3 is 2.50 bits per heavy atom. The van der Waals surface area contributed by atoms with Crippen LogP contribution < -0.4 is 0 Å². The third-order valence-electron chi connectivity index (χ3n) is 6.32. The molecule has 108 valence electrons. The Morgan fingerprint density at radius 2 is 1.80 bits per heavy atom. The monoisotopic (exact) mass is 272 g/mol. The van der Waals surface area contributed by atoms with Crippen molar-refractivity contribution in [3.63, 3.8) is 0 Å². The van der Waals surface area contributed by atoms with Crippen LogP contribution in [0.4, 0.5) is 0 Å². The minimum atomic E-state index is -0.265. The zero-order chi connectivity index (χ0) is 14.8. The van der Waals surface area contributed by atoms with E-state index in [9.17, 15) is 9.59 Å². The lowest BCUT2D eigenvalue weighted by molar-refractivity contribution is -0.140. The van der Waals surface area contributed by atoms with Crippen LogP contribution in [0.3, 0.4) is 0 Å². The van der Waals surface area contributed by atoms with Gasteiger partial charge in [0.05, 0.1) is 0 Å². The fourth-order valence-corrected chi connectivity index (χ4v) is 5.05. The highest BCUT2D eigenvalue weighted by atomic mass is 16.1. The van der Waals surface area contributed by atoms with Gasteiger partial charge in [0.25, 0.3) is 0 Å². The zero-order valence-electron chi connectivity index (χ0n) is 13.0. The summed E-state index contributed by atoms with van der Waals surface area (Å²) < 4.78 is 0. The number of hydrogen-bond acceptors (Lipinski definition) is 2. The van der Waals surface area contributed by atoms with Crippen molar-refractivity contribution in [1.29, 1.82) is 0 Å². The van der Waals surface area contributed by atoms with Gasteiger partial charge in [0.15, 0.2) is 5.78 Å². The maximum absolute atomic E-state index is 12.3. The van der Waals surface area contributed by atoms with Crippen LogP contribution in [0.15, 0.2) is 23.8 Å². The Kier molecular flexibility index (Phi) is 2.71. The maximum Gasteiger partial charge on any atom is 0.178 e. The van der Waals surface area contributed by atoms with Gasteiger partial charge >= 0.3 is 0 Å². The number of carbonyl (C=O) groups is 2. The number of carbonyl (C=O) groups excluding carboxylic acids is 2. The first-order valence-corrected chi connectivity index (χ1v) is 7.69. The Balaban J connectivity index is 2.12. The molecule has 3 aliphatic carbocycles. The summed E-state index contributed by atoms with van der Waals surface area (Å²) in [6.45, 7) is 8.72. The fraction of sp³-hybridized carbons (Fsp3) is 0.667. The van der Waals surface area contributed by atoms with Gasteiger partial charge in [-0.05, 0) is 42.7 Å². The summed E-state index contributed by atoms with van der Waals surface area (Å²) in [5, 5.41) is 0. The first kappa shape index (κ1) is 13.8. The third-order valence-corrected chi connectivity index (χ3v) is 6.32. The van der Waals surface area contributed by atoms with Gasteiger partial charge in [-0.2, -0.15) is 0 Å². The van der Waals surface area contributed by atoms with Crippen molar-refractivity contribution in [3.05, 3.63) is 23.8 Å². The second-order valence-corrected chi connectivity index (χ2v) is 7.86. The molecule has 0 bridgehead atoms. The van der Waals surface area contributed by atoms with Crippen molar-refractivity contribution in [1.82, 2.24) is 0 Å². The molecule has 3 rings (SSSR count). The van der Waals surface area contributed by atoms with E-state index in [4.69, 9.17) is 0 Å². The zero-order valence-corrected chi connectivity index (χ0v) is 13.0. The summed E-state index contributed by atoms with van der Waals surface area (Å²) in [6.07, 6.45) is 9.31. The topological polar surface area (TPSA) is 34.1 Å². The van der Waals surface area contributed by atoms with Crippen LogP contribution in [0.5, 0.6) is 0 Å². The van der Waals surface area contributed by atoms with Crippen LogP contribution >= 0.6 is 0 Å². The number of allylic oxidation sites excluding steroid dienone is 4. The molecule has 0 unspecified atom stereocenters. The van der Waals surface area contributed by atoms with E-state index < -0.39 is 0 Å². The molecule has 0 amide bonds. The van der Waals surface area contributed by atoms with E-state index in [0.717, 1.165) is 19.3 Å². The summed E-state index contributed by atoms with van der Waals surface area (Å²) in [5.74, 6) is 0.853. The van der Waals surface area contributed by atoms with Crippen LogP contribution in [0.1, 0.15) is 53.4 Å². The quantitative estimate of drug-likeness (QED) is 0.671. The molecule has 0 heterocycles. The SMILES string of the molecule is CC1(C)C(=O)CC[C@@]2(C)C3=CC(=O)C=C[C@@]3(C)CC[C@H]12. The van der Waals surface area contributed by atoms with Crippen LogP contribution in [-0.4, -0.2) is 11.6 Å². The Labute approximate surface area is 121 Å². The lowest BCUT2D eigenvalue weighted by Gasteiger charge is -2.58. The van der Waals surface area contributed by atoms with E-state index in [0.29, 0.717) is 18.1 Å². The highest BCUT2D eigenvalue weighted by Crippen LogP contribution is 2.63. The lowest BCUT2D eigenvalue weighted by atomic mass is 9.45. The Bertz CT molecular complexity index is 552. The molecule has 0 spiro atoms. The minimum absolute atomic E-state index is 0.00910. The summed E-state index contributed by atoms with van der Waals surface area (Å²) in [6, 6.07) is 0. The van der Waals surface area contributed by atoms with Gasteiger partial charge in [-0.3, -0.25) is 9.59 Å². The van der Waals surface area contributed by atoms with E-state index >= 15 is 0 Å². The van der Waals surface area contributed by atoms with E-state index in [1.807, 2.05) is 6.08 Å². The van der Waals surface area contributed by atoms with Crippen LogP contribution in [-0.2, 0) is 9.59 Å². The number of rotatable bonds is 0. The molecule has 2 heteroatoms. The average molecular weight is 272 g/mol. The number of ketones is 2. The standard InChI is InChI=1S/C18H24O2/c1-16(2)13-6-9-17(3)8-5-12(19)11-14(17)18(13,4)10-7-15(16)20/h5,8,11,13H,6-7,9-10H2,1-4H3/t13-,17+,18-/m1/s1. The van der Waals surface area contributed by atoms with Crippen molar-refractivity contribution >= 4 is 11.6 Å². The molecule has 3 aliphatic rings. The van der Waals surface area contributed by atoms with Gasteiger partial charge in [0, 0.05) is 17.3 Å². The van der Waals surface area contributed by atoms with Crippen LogP contribution in [0.25, 0.3) is 0 Å². The molecule has 20 heavy (non-hydrogen) atoms. The molecule has 2 nitrogen and oxygen atoms in total. The van der Waals surface area contributed by atoms with E-state index in [1.54, 1.807) is 6.08 Å². The largest absolute Gasteiger partial charge is 0.299 e. The highest BCUT2D eigenvalue weighted by molar-refractivity contribution is 6.01. The fourth-order valence-electron chi connectivity index (χ4n) is 5.05. The van der Waals surface area contributed by atoms with E-state index in [2.05, 4.69) is 33.8 Å². The van der Waals surface area contributed by atoms with Crippen molar-refractivity contribution in [2.75, 3.05) is 0 Å². The number of fused-ring (bicyclic) bond motifs is 3. The molecular weight excluding hydrogens is 248 g/mol. The predicted octanol–water partition coefficient (Wildman–Crippen LogP) is 3.86. The summed E-state index contributed by atoms with van der Waals surface area (Å²) in [7, 11) is 0. The maximum atomic E-state index is 12.3. The average Bonchev–Trinajstić information content (AvgIpc) is 2.37. The number of Topliss-reactive ketones (excluding diaryl/α,β-unsaturated/α-hetero) is 1. The summed E-state index contributed by atoms with van der Waals surface area (Å²) in [5.41, 5.74) is 1.01. The van der Waals surface area contributed by atoms with Crippen LogP contribution in [0, 0.1) is 22.2 Å². The molecule has 0 N–H and O–H groups in total. The highest BCUT2D eigenvalue weighted by Gasteiger charge is 2.57. The second kappa shape index (κ2) is 3.93. The molecule has 0 aromatic rings. The first-order chi connectivity index (χ1) is 9.20. The van der Waals surface area contributed by atoms with Crippen molar-refractivity contribution in [2.45, 2.75) is 53.4 Å². The molecule has 2 fully saturated rings. The molecule has 3 atom stereocenters. The predicted molar refractivity (Wildman–Crippen MR) is 79.2 cm³/mol. The molecule has 0 saturated heterocycles. The van der Waals surface area contributed by atoms with Crippen molar-refractivity contribution < 1.29 is 9.59 Å². The Hall–Kier alpha value is -1.18. The van der Waals surface area contributed by atoms with E-state index in [-0.39, 0.29) is 22.0 Å². The lowest BCUT2D eigenvalue weighted by Crippen LogP contribution is -2.53. The van der Waals surface area contributed by atoms with Crippen molar-refractivity contribution in [3.8, 4) is 0 Å². The van der Waals surface area contributed by atoms with Gasteiger partial charge in [0.1, 0.15) is 5.78 Å². The normalized spacial score (nSPS) is 42.8. The third kappa shape index (κ3) is 1.63. The second-order valence-electron chi connectivity index (χ2n) is 7.86. The Morgan fingerprint density at radius 1 is 1.10 bits per heavy atom. The van der Waals surface area contributed by atoms with Gasteiger partial charge < -0.3 is 0 Å². The summed E-state index contributed by atoms with van der Waals surface area (Å²) in [4.78, 5) is 24.2. The minimum Gasteiger partial charge on any atom is -0.299 e. The van der Waals surface area contributed by atoms with Gasteiger partial charge in [-0.25, -0.2) is 0 Å². The smallest absolute Gasteiger partial charge is 0.178 e. The molecule has 0 aromatic carbocycles. The van der Waals surface area contributed by atoms with Crippen LogP contribution in [0.2, 0.25) is 0 Å². The molecular formula is C18H24O2. The van der Waals surface area contributed by atoms with Gasteiger partial charge in [0.2, 0.25) is 0 Å².